The van der Waals surface area contributed by atoms with Gasteiger partial charge in [-0.05, 0) is 19.4 Å². The fourth-order valence-electron chi connectivity index (χ4n) is 3.77. The lowest BCUT2D eigenvalue weighted by Crippen LogP contribution is -2.49. The van der Waals surface area contributed by atoms with Gasteiger partial charge < -0.3 is 20.7 Å². The number of hydrogen-bond acceptors (Lipinski definition) is 9. The molecular weight excluding hydrogens is 439 g/mol. The van der Waals surface area contributed by atoms with Gasteiger partial charge in [0.15, 0.2) is 5.82 Å². The number of nitrogens with one attached hydrogen (secondary N) is 1. The summed E-state index contributed by atoms with van der Waals surface area (Å²) in [6.45, 7) is 4.88. The Morgan fingerprint density at radius 2 is 2.09 bits per heavy atom. The van der Waals surface area contributed by atoms with Crippen LogP contribution >= 0.6 is 0 Å². The molecule has 4 rings (SSSR count). The van der Waals surface area contributed by atoms with Gasteiger partial charge >= 0.3 is 6.18 Å². The largest absolute Gasteiger partial charge is 0.411 e. The number of rotatable bonds is 7. The first kappa shape index (κ1) is 23.1. The SMILES string of the molecule is CCc1nn(CCOCC(F)(F)F)c2c(-c3nccc(N)n3)nc(N3CCN[C@H](C)C3)nc12. The van der Waals surface area contributed by atoms with Crippen molar-refractivity contribution in [1.82, 2.24) is 35.0 Å². The lowest BCUT2D eigenvalue weighted by atomic mass is 10.2. The molecule has 13 heteroatoms. The van der Waals surface area contributed by atoms with Crippen molar-refractivity contribution in [2.24, 2.45) is 0 Å². The average Bonchev–Trinajstić information content (AvgIpc) is 3.13. The van der Waals surface area contributed by atoms with Gasteiger partial charge in [0.25, 0.3) is 0 Å². The summed E-state index contributed by atoms with van der Waals surface area (Å²) < 4.78 is 43.7. The van der Waals surface area contributed by atoms with E-state index < -0.39 is 12.8 Å². The summed E-state index contributed by atoms with van der Waals surface area (Å²) >= 11 is 0. The zero-order valence-corrected chi connectivity index (χ0v) is 18.4. The van der Waals surface area contributed by atoms with E-state index in [1.54, 1.807) is 10.7 Å². The van der Waals surface area contributed by atoms with Gasteiger partial charge in [-0.3, -0.25) is 4.68 Å². The molecule has 1 aliphatic rings. The second-order valence-corrected chi connectivity index (χ2v) is 7.87. The number of alkyl halides is 3. The third kappa shape index (κ3) is 5.30. The van der Waals surface area contributed by atoms with Gasteiger partial charge in [0.05, 0.1) is 18.8 Å². The molecule has 1 saturated heterocycles. The number of nitrogens with zero attached hydrogens (tertiary/aromatic N) is 7. The van der Waals surface area contributed by atoms with Crippen LogP contribution in [0.1, 0.15) is 19.5 Å². The first-order chi connectivity index (χ1) is 15.7. The maximum absolute atomic E-state index is 12.5. The van der Waals surface area contributed by atoms with Crippen LogP contribution in [-0.4, -0.2) is 74.8 Å². The molecule has 3 aromatic rings. The molecule has 0 bridgehead atoms. The van der Waals surface area contributed by atoms with Crippen LogP contribution in [-0.2, 0) is 17.7 Å². The third-order valence-corrected chi connectivity index (χ3v) is 5.23. The van der Waals surface area contributed by atoms with Crippen molar-refractivity contribution in [1.29, 1.82) is 0 Å². The minimum atomic E-state index is -4.39. The summed E-state index contributed by atoms with van der Waals surface area (Å²) in [6.07, 6.45) is -2.27. The molecule has 0 unspecified atom stereocenters. The molecule has 0 aromatic carbocycles. The number of piperazine rings is 1. The van der Waals surface area contributed by atoms with Gasteiger partial charge in [-0.25, -0.2) is 19.9 Å². The van der Waals surface area contributed by atoms with Gasteiger partial charge in [0.2, 0.25) is 5.95 Å². The van der Waals surface area contributed by atoms with Crippen LogP contribution in [0.4, 0.5) is 24.9 Å². The van der Waals surface area contributed by atoms with E-state index in [4.69, 9.17) is 20.4 Å². The quantitative estimate of drug-likeness (QED) is 0.503. The Kier molecular flexibility index (Phi) is 6.61. The lowest BCUT2D eigenvalue weighted by Gasteiger charge is -2.32. The topological polar surface area (TPSA) is 120 Å². The van der Waals surface area contributed by atoms with E-state index in [-0.39, 0.29) is 25.0 Å². The Labute approximate surface area is 188 Å². The number of halogens is 3. The van der Waals surface area contributed by atoms with Gasteiger partial charge in [-0.2, -0.15) is 18.3 Å². The van der Waals surface area contributed by atoms with Gasteiger partial charge in [-0.1, -0.05) is 6.92 Å². The Morgan fingerprint density at radius 3 is 2.79 bits per heavy atom. The smallest absolute Gasteiger partial charge is 0.384 e. The normalized spacial score (nSPS) is 17.1. The molecule has 0 saturated carbocycles. The zero-order valence-electron chi connectivity index (χ0n) is 18.4. The van der Waals surface area contributed by atoms with Crippen molar-refractivity contribution in [2.45, 2.75) is 39.0 Å². The fourth-order valence-corrected chi connectivity index (χ4v) is 3.77. The Hall–Kier alpha value is -3.06. The molecule has 3 aromatic heterocycles. The predicted molar refractivity (Wildman–Crippen MR) is 117 cm³/mol. The number of aromatic nitrogens is 6. The van der Waals surface area contributed by atoms with Crippen molar-refractivity contribution in [3.63, 3.8) is 0 Å². The van der Waals surface area contributed by atoms with Crippen molar-refractivity contribution in [3.05, 3.63) is 18.0 Å². The zero-order chi connectivity index (χ0) is 23.6. The average molecular weight is 465 g/mol. The maximum Gasteiger partial charge on any atom is 0.411 e. The number of hydrogen-bond donors (Lipinski definition) is 2. The molecule has 10 nitrogen and oxygen atoms in total. The van der Waals surface area contributed by atoms with Gasteiger partial charge in [0, 0.05) is 31.9 Å². The first-order valence-corrected chi connectivity index (χ1v) is 10.7. The minimum absolute atomic E-state index is 0.0925. The van der Waals surface area contributed by atoms with Crippen LogP contribution in [0.25, 0.3) is 22.6 Å². The van der Waals surface area contributed by atoms with E-state index in [2.05, 4.69) is 32.2 Å². The van der Waals surface area contributed by atoms with Crippen molar-refractivity contribution in [3.8, 4) is 11.5 Å². The summed E-state index contributed by atoms with van der Waals surface area (Å²) in [5, 5.41) is 7.98. The summed E-state index contributed by atoms with van der Waals surface area (Å²) in [6, 6.07) is 1.84. The molecule has 33 heavy (non-hydrogen) atoms. The summed E-state index contributed by atoms with van der Waals surface area (Å²) in [7, 11) is 0. The highest BCUT2D eigenvalue weighted by Gasteiger charge is 2.28. The van der Waals surface area contributed by atoms with Crippen molar-refractivity contribution >= 4 is 22.8 Å². The van der Waals surface area contributed by atoms with Crippen molar-refractivity contribution < 1.29 is 17.9 Å². The summed E-state index contributed by atoms with van der Waals surface area (Å²) in [5.74, 6) is 1.10. The van der Waals surface area contributed by atoms with Crippen molar-refractivity contribution in [2.75, 3.05) is 43.5 Å². The number of anilines is 2. The second kappa shape index (κ2) is 9.43. The van der Waals surface area contributed by atoms with E-state index in [0.29, 0.717) is 40.6 Å². The molecule has 1 fully saturated rings. The van der Waals surface area contributed by atoms with E-state index in [9.17, 15) is 13.2 Å². The van der Waals surface area contributed by atoms with Crippen LogP contribution in [0.2, 0.25) is 0 Å². The molecule has 1 aliphatic heterocycles. The van der Waals surface area contributed by atoms with Crippen LogP contribution in [0.5, 0.6) is 0 Å². The number of ether oxygens (including phenoxy) is 1. The second-order valence-electron chi connectivity index (χ2n) is 7.87. The molecule has 1 atom stereocenters. The molecule has 0 aliphatic carbocycles. The number of fused-ring (bicyclic) bond motifs is 1. The first-order valence-electron chi connectivity index (χ1n) is 10.7. The molecule has 4 heterocycles. The van der Waals surface area contributed by atoms with Crippen LogP contribution in [0, 0.1) is 0 Å². The lowest BCUT2D eigenvalue weighted by molar-refractivity contribution is -0.174. The number of aryl methyl sites for hydroxylation is 1. The molecular formula is C20H26F3N9O. The molecule has 0 radical (unpaired) electrons. The standard InChI is InChI=1S/C20H26F3N9O/c1-3-13-15-17(32(30-13)8-9-33-11-20(21,22)23)16(18-26-5-4-14(24)27-18)29-19(28-15)31-7-6-25-12(2)10-31/h4-5,12,25H,3,6-11H2,1-2H3,(H2,24,26,27)/t12-/m1/s1. The fraction of sp³-hybridized carbons (Fsp3) is 0.550. The molecule has 178 valence electrons. The third-order valence-electron chi connectivity index (χ3n) is 5.23. The van der Waals surface area contributed by atoms with E-state index in [1.807, 2.05) is 6.92 Å². The monoisotopic (exact) mass is 465 g/mol. The number of nitrogens with two attached hydrogens (primary N) is 1. The molecule has 0 spiro atoms. The predicted octanol–water partition coefficient (Wildman–Crippen LogP) is 1.80. The minimum Gasteiger partial charge on any atom is -0.384 e. The highest BCUT2D eigenvalue weighted by atomic mass is 19.4. The van der Waals surface area contributed by atoms with E-state index >= 15 is 0 Å². The maximum atomic E-state index is 12.5. The van der Waals surface area contributed by atoms with Crippen LogP contribution in [0.15, 0.2) is 12.3 Å². The van der Waals surface area contributed by atoms with Crippen LogP contribution in [0.3, 0.4) is 0 Å². The number of nitrogen functional groups attached to an aromatic ring is 1. The Bertz CT molecular complexity index is 1120. The molecule has 3 N–H and O–H groups in total. The summed E-state index contributed by atoms with van der Waals surface area (Å²) in [5.41, 5.74) is 8.18. The highest BCUT2D eigenvalue weighted by Crippen LogP contribution is 2.29. The molecule has 0 amide bonds. The van der Waals surface area contributed by atoms with Gasteiger partial charge in [0.1, 0.15) is 29.2 Å². The summed E-state index contributed by atoms with van der Waals surface area (Å²) in [4.78, 5) is 20.3. The highest BCUT2D eigenvalue weighted by molar-refractivity contribution is 5.90. The van der Waals surface area contributed by atoms with Crippen LogP contribution < -0.4 is 16.0 Å². The Morgan fingerprint density at radius 1 is 1.27 bits per heavy atom. The Balaban J connectivity index is 1.79. The van der Waals surface area contributed by atoms with E-state index in [0.717, 1.165) is 19.6 Å². The van der Waals surface area contributed by atoms with E-state index in [1.165, 1.54) is 6.20 Å². The van der Waals surface area contributed by atoms with Gasteiger partial charge in [-0.15, -0.1) is 0 Å².